The quantitative estimate of drug-likeness (QED) is 0.791. The molecule has 0 aliphatic carbocycles. The molecule has 0 saturated carbocycles. The molecular formula is C17H15BrN4O3. The molecule has 7 nitrogen and oxygen atoms in total. The van der Waals surface area contributed by atoms with Crippen LogP contribution in [0.25, 0.3) is 11.1 Å². The molecule has 8 heteroatoms. The van der Waals surface area contributed by atoms with Crippen LogP contribution in [0.5, 0.6) is 11.5 Å². The van der Waals surface area contributed by atoms with Crippen LogP contribution in [-0.2, 0) is 0 Å². The molecule has 1 aromatic heterocycles. The number of aromatic amines is 1. The number of nitrogens with two attached hydrogens (primary N) is 1. The zero-order chi connectivity index (χ0) is 18.6. The summed E-state index contributed by atoms with van der Waals surface area (Å²) in [5.41, 5.74) is 5.52. The Morgan fingerprint density at radius 3 is 2.20 bits per heavy atom. The molecule has 1 heterocycles. The second-order valence-electron chi connectivity index (χ2n) is 4.86. The molecule has 0 fully saturated rings. The molecule has 0 unspecified atom stereocenters. The van der Waals surface area contributed by atoms with Crippen LogP contribution in [-0.4, -0.2) is 18.2 Å². The summed E-state index contributed by atoms with van der Waals surface area (Å²) < 4.78 is 11.7. The van der Waals surface area contributed by atoms with E-state index in [0.717, 1.165) is 0 Å². The van der Waals surface area contributed by atoms with Crippen molar-refractivity contribution in [2.45, 2.75) is 13.8 Å². The molecule has 0 radical (unpaired) electrons. The summed E-state index contributed by atoms with van der Waals surface area (Å²) in [6, 6.07) is 7.07. The van der Waals surface area contributed by atoms with E-state index in [9.17, 15) is 15.3 Å². The normalized spacial score (nSPS) is 9.96. The van der Waals surface area contributed by atoms with Crippen LogP contribution in [0.1, 0.15) is 25.0 Å². The number of nitriles is 2. The van der Waals surface area contributed by atoms with Gasteiger partial charge in [0.2, 0.25) is 0 Å². The number of H-pyrrole nitrogens is 1. The van der Waals surface area contributed by atoms with Crippen molar-refractivity contribution in [3.05, 3.63) is 38.1 Å². The molecule has 0 aliphatic heterocycles. The van der Waals surface area contributed by atoms with Crippen LogP contribution in [0.15, 0.2) is 21.4 Å². The van der Waals surface area contributed by atoms with Gasteiger partial charge in [-0.1, -0.05) is 15.9 Å². The van der Waals surface area contributed by atoms with Gasteiger partial charge < -0.3 is 20.2 Å². The smallest absolute Gasteiger partial charge is 0.268 e. The van der Waals surface area contributed by atoms with E-state index in [4.69, 9.17) is 15.2 Å². The Bertz CT molecular complexity index is 954. The van der Waals surface area contributed by atoms with Gasteiger partial charge in [-0.15, -0.1) is 0 Å². The lowest BCUT2D eigenvalue weighted by Gasteiger charge is -2.16. The zero-order valence-electron chi connectivity index (χ0n) is 13.6. The van der Waals surface area contributed by atoms with E-state index in [-0.39, 0.29) is 22.5 Å². The monoisotopic (exact) mass is 402 g/mol. The maximum Gasteiger partial charge on any atom is 0.268 e. The van der Waals surface area contributed by atoms with E-state index in [0.29, 0.717) is 34.7 Å². The van der Waals surface area contributed by atoms with Gasteiger partial charge in [0.25, 0.3) is 5.56 Å². The molecule has 0 amide bonds. The molecule has 2 aromatic rings. The molecule has 0 bridgehead atoms. The lowest BCUT2D eigenvalue weighted by atomic mass is 9.96. The molecular weight excluding hydrogens is 388 g/mol. The number of rotatable bonds is 5. The van der Waals surface area contributed by atoms with Crippen LogP contribution in [0, 0.1) is 22.7 Å². The van der Waals surface area contributed by atoms with Crippen molar-refractivity contribution in [1.82, 2.24) is 4.98 Å². The first kappa shape index (κ1) is 18.4. The number of pyridine rings is 1. The van der Waals surface area contributed by atoms with Crippen LogP contribution in [0.4, 0.5) is 5.82 Å². The number of nitrogen functional groups attached to an aromatic ring is 1. The van der Waals surface area contributed by atoms with Gasteiger partial charge in [0.1, 0.15) is 29.1 Å². The summed E-state index contributed by atoms with van der Waals surface area (Å²) in [5.74, 6) is 0.851. The summed E-state index contributed by atoms with van der Waals surface area (Å²) in [6.45, 7) is 4.51. The number of nitrogens with one attached hydrogen (secondary N) is 1. The third-order valence-corrected chi connectivity index (χ3v) is 4.03. The minimum atomic E-state index is -0.659. The molecule has 0 aliphatic rings. The highest BCUT2D eigenvalue weighted by Gasteiger charge is 2.22. The van der Waals surface area contributed by atoms with Gasteiger partial charge in [-0.3, -0.25) is 4.79 Å². The fourth-order valence-electron chi connectivity index (χ4n) is 2.38. The maximum absolute atomic E-state index is 12.1. The predicted molar refractivity (Wildman–Crippen MR) is 96.4 cm³/mol. The number of anilines is 1. The minimum absolute atomic E-state index is 0.0171. The summed E-state index contributed by atoms with van der Waals surface area (Å²) in [4.78, 5) is 14.4. The van der Waals surface area contributed by atoms with Crippen molar-refractivity contribution in [3.8, 4) is 34.8 Å². The highest BCUT2D eigenvalue weighted by atomic mass is 79.9. The van der Waals surface area contributed by atoms with E-state index < -0.39 is 5.56 Å². The van der Waals surface area contributed by atoms with E-state index in [1.165, 1.54) is 0 Å². The average molecular weight is 403 g/mol. The van der Waals surface area contributed by atoms with Gasteiger partial charge in [0, 0.05) is 15.6 Å². The van der Waals surface area contributed by atoms with Crippen LogP contribution >= 0.6 is 15.9 Å². The van der Waals surface area contributed by atoms with Crippen molar-refractivity contribution in [3.63, 3.8) is 0 Å². The zero-order valence-corrected chi connectivity index (χ0v) is 15.2. The molecule has 0 spiro atoms. The fourth-order valence-corrected chi connectivity index (χ4v) is 2.90. The molecule has 2 rings (SSSR count). The molecule has 1 aromatic carbocycles. The molecule has 0 atom stereocenters. The first-order valence-corrected chi connectivity index (χ1v) is 8.23. The van der Waals surface area contributed by atoms with Crippen molar-refractivity contribution in [1.29, 1.82) is 10.5 Å². The Labute approximate surface area is 152 Å². The third-order valence-electron chi connectivity index (χ3n) is 3.37. The first-order chi connectivity index (χ1) is 12.0. The van der Waals surface area contributed by atoms with Crippen molar-refractivity contribution in [2.24, 2.45) is 0 Å². The number of halogens is 1. The molecule has 0 saturated heterocycles. The van der Waals surface area contributed by atoms with E-state index in [1.54, 1.807) is 12.1 Å². The highest BCUT2D eigenvalue weighted by molar-refractivity contribution is 9.10. The predicted octanol–water partition coefficient (Wildman–Crippen LogP) is 2.93. The lowest BCUT2D eigenvalue weighted by molar-refractivity contribution is 0.287. The maximum atomic E-state index is 12.1. The number of nitrogens with zero attached hydrogens (tertiary/aromatic N) is 2. The number of benzene rings is 1. The number of hydrogen-bond acceptors (Lipinski definition) is 6. The van der Waals surface area contributed by atoms with Crippen LogP contribution < -0.4 is 20.8 Å². The van der Waals surface area contributed by atoms with Crippen LogP contribution in [0.3, 0.4) is 0 Å². The summed E-state index contributed by atoms with van der Waals surface area (Å²) in [6.07, 6.45) is 0. The third kappa shape index (κ3) is 3.44. The van der Waals surface area contributed by atoms with Gasteiger partial charge in [0.15, 0.2) is 11.5 Å². The molecule has 25 heavy (non-hydrogen) atoms. The Morgan fingerprint density at radius 1 is 1.12 bits per heavy atom. The first-order valence-electron chi connectivity index (χ1n) is 7.43. The van der Waals surface area contributed by atoms with Crippen LogP contribution in [0.2, 0.25) is 0 Å². The SMILES string of the molecule is CCOc1cc(Br)c(-c2c(C#N)c(N)[nH]c(=O)c2C#N)cc1OCC. The standard InChI is InChI=1S/C17H15BrN4O3/c1-3-24-13-5-9(12(18)6-14(13)25-4-2)15-10(7-19)16(21)22-17(23)11(15)8-20/h5-6H,3-4H2,1-2H3,(H3,21,22,23). The summed E-state index contributed by atoms with van der Waals surface area (Å²) in [7, 11) is 0. The Kier molecular flexibility index (Phi) is 5.68. The van der Waals surface area contributed by atoms with E-state index in [1.807, 2.05) is 26.0 Å². The number of aromatic nitrogens is 1. The lowest BCUT2D eigenvalue weighted by Crippen LogP contribution is -2.16. The topological polar surface area (TPSA) is 125 Å². The van der Waals surface area contributed by atoms with E-state index in [2.05, 4.69) is 20.9 Å². The fraction of sp³-hybridized carbons (Fsp3) is 0.235. The average Bonchev–Trinajstić information content (AvgIpc) is 2.57. The second-order valence-corrected chi connectivity index (χ2v) is 5.72. The Morgan fingerprint density at radius 2 is 1.68 bits per heavy atom. The summed E-state index contributed by atoms with van der Waals surface area (Å²) in [5, 5.41) is 18.8. The van der Waals surface area contributed by atoms with E-state index >= 15 is 0 Å². The van der Waals surface area contributed by atoms with Gasteiger partial charge in [0.05, 0.1) is 13.2 Å². The van der Waals surface area contributed by atoms with Crippen molar-refractivity contribution < 1.29 is 9.47 Å². The van der Waals surface area contributed by atoms with Crippen molar-refractivity contribution in [2.75, 3.05) is 18.9 Å². The second kappa shape index (κ2) is 7.73. The van der Waals surface area contributed by atoms with Gasteiger partial charge in [-0.05, 0) is 26.0 Å². The van der Waals surface area contributed by atoms with Gasteiger partial charge in [-0.2, -0.15) is 10.5 Å². The van der Waals surface area contributed by atoms with Gasteiger partial charge >= 0.3 is 0 Å². The molecule has 128 valence electrons. The Hall–Kier alpha value is -2.97. The van der Waals surface area contributed by atoms with Gasteiger partial charge in [-0.25, -0.2) is 0 Å². The molecule has 3 N–H and O–H groups in total. The summed E-state index contributed by atoms with van der Waals surface area (Å²) >= 11 is 3.41. The van der Waals surface area contributed by atoms with Crippen molar-refractivity contribution >= 4 is 21.7 Å². The Balaban J connectivity index is 2.88. The highest BCUT2D eigenvalue weighted by Crippen LogP contribution is 2.41. The largest absolute Gasteiger partial charge is 0.490 e. The number of hydrogen-bond donors (Lipinski definition) is 2. The minimum Gasteiger partial charge on any atom is -0.490 e. The number of ether oxygens (including phenoxy) is 2.